The first-order chi connectivity index (χ1) is 26.7. The van der Waals surface area contributed by atoms with Crippen molar-refractivity contribution in [3.8, 4) is 33.8 Å². The Kier molecular flexibility index (Phi) is 5.96. The van der Waals surface area contributed by atoms with Crippen molar-refractivity contribution in [2.75, 3.05) is 0 Å². The van der Waals surface area contributed by atoms with Crippen molar-refractivity contribution in [1.29, 1.82) is 0 Å². The van der Waals surface area contributed by atoms with Gasteiger partial charge in [-0.1, -0.05) is 97.1 Å². The summed E-state index contributed by atoms with van der Waals surface area (Å²) in [6.45, 7) is 0. The standard InChI is InChI=1S/C48H27N5O/c1-2-10-32-28(9-1)17-20-40-45(32)52-44(47(50-40)39-14-7-8-23-49-39)31-16-19-36-37(26-31)33-11-3-4-13-35(33)46-48(36)53-24-22-30(27-43(53)51-46)29-18-21-42-38(25-29)34-12-5-6-15-41(34)54-42/h1-27H. The van der Waals surface area contributed by atoms with Gasteiger partial charge in [-0.3, -0.25) is 9.38 Å². The summed E-state index contributed by atoms with van der Waals surface area (Å²) in [5.41, 5.74) is 12.0. The minimum absolute atomic E-state index is 0.757. The van der Waals surface area contributed by atoms with Crippen LogP contribution in [0.2, 0.25) is 0 Å². The van der Waals surface area contributed by atoms with E-state index in [0.29, 0.717) is 0 Å². The van der Waals surface area contributed by atoms with Gasteiger partial charge in [0, 0.05) is 44.9 Å². The highest BCUT2D eigenvalue weighted by molar-refractivity contribution is 6.24. The van der Waals surface area contributed by atoms with Gasteiger partial charge in [0.15, 0.2) is 0 Å². The summed E-state index contributed by atoms with van der Waals surface area (Å²) in [4.78, 5) is 20.6. The quantitative estimate of drug-likeness (QED) is 0.173. The van der Waals surface area contributed by atoms with Crippen molar-refractivity contribution in [3.63, 3.8) is 0 Å². The third-order valence-corrected chi connectivity index (χ3v) is 10.8. The highest BCUT2D eigenvalue weighted by Gasteiger charge is 2.20. The van der Waals surface area contributed by atoms with Crippen molar-refractivity contribution in [2.24, 2.45) is 0 Å². The van der Waals surface area contributed by atoms with Crippen molar-refractivity contribution in [2.45, 2.75) is 0 Å². The van der Waals surface area contributed by atoms with Gasteiger partial charge in [0.2, 0.25) is 0 Å². The Bertz CT molecular complexity index is 3510. The van der Waals surface area contributed by atoms with Gasteiger partial charge in [0.05, 0.1) is 33.5 Å². The number of benzene rings is 7. The van der Waals surface area contributed by atoms with Gasteiger partial charge in [0.25, 0.3) is 0 Å². The van der Waals surface area contributed by atoms with E-state index in [1.807, 2.05) is 36.5 Å². The zero-order chi connectivity index (χ0) is 35.3. The predicted molar refractivity (Wildman–Crippen MR) is 220 cm³/mol. The van der Waals surface area contributed by atoms with Crippen LogP contribution in [0.1, 0.15) is 0 Å². The molecule has 0 saturated heterocycles. The Balaban J connectivity index is 1.09. The molecule has 6 heteroatoms. The first kappa shape index (κ1) is 29.2. The molecule has 0 aliphatic carbocycles. The van der Waals surface area contributed by atoms with Gasteiger partial charge in [-0.15, -0.1) is 0 Å². The molecule has 0 spiro atoms. The number of nitrogens with zero attached hydrogens (tertiary/aromatic N) is 5. The largest absolute Gasteiger partial charge is 0.456 e. The molecule has 0 amide bonds. The molecule has 0 aliphatic rings. The van der Waals surface area contributed by atoms with Crippen molar-refractivity contribution in [3.05, 3.63) is 164 Å². The normalized spacial score (nSPS) is 12.1. The van der Waals surface area contributed by atoms with E-state index in [9.17, 15) is 0 Å². The van der Waals surface area contributed by atoms with E-state index in [0.717, 1.165) is 116 Å². The first-order valence-electron chi connectivity index (χ1n) is 18.0. The topological polar surface area (TPSA) is 69.1 Å². The number of furan rings is 1. The second-order valence-corrected chi connectivity index (χ2v) is 13.9. The minimum Gasteiger partial charge on any atom is -0.456 e. The Morgan fingerprint density at radius 2 is 1.20 bits per heavy atom. The number of hydrogen-bond donors (Lipinski definition) is 0. The van der Waals surface area contributed by atoms with Crippen LogP contribution < -0.4 is 0 Å². The fourth-order valence-corrected chi connectivity index (χ4v) is 8.29. The van der Waals surface area contributed by atoms with Crippen LogP contribution >= 0.6 is 0 Å². The monoisotopic (exact) mass is 689 g/mol. The molecule has 6 nitrogen and oxygen atoms in total. The summed E-state index contributed by atoms with van der Waals surface area (Å²) >= 11 is 0. The average molecular weight is 690 g/mol. The number of imidazole rings is 1. The molecule has 0 saturated carbocycles. The van der Waals surface area contributed by atoms with E-state index in [2.05, 4.69) is 132 Å². The summed E-state index contributed by atoms with van der Waals surface area (Å²) in [5.74, 6) is 0. The molecule has 0 N–H and O–H groups in total. The number of pyridine rings is 2. The van der Waals surface area contributed by atoms with Gasteiger partial charge >= 0.3 is 0 Å². The highest BCUT2D eigenvalue weighted by atomic mass is 16.3. The molecule has 54 heavy (non-hydrogen) atoms. The lowest BCUT2D eigenvalue weighted by molar-refractivity contribution is 0.669. The Morgan fingerprint density at radius 3 is 2.11 bits per heavy atom. The van der Waals surface area contributed by atoms with Gasteiger partial charge in [-0.05, 0) is 81.9 Å². The lowest BCUT2D eigenvalue weighted by atomic mass is 9.96. The Hall–Kier alpha value is -7.44. The molecule has 0 atom stereocenters. The number of para-hydroxylation sites is 1. The van der Waals surface area contributed by atoms with Gasteiger partial charge < -0.3 is 4.42 Å². The van der Waals surface area contributed by atoms with Crippen LogP contribution in [0.4, 0.5) is 0 Å². The maximum absolute atomic E-state index is 6.11. The van der Waals surface area contributed by atoms with E-state index in [1.54, 1.807) is 0 Å². The lowest BCUT2D eigenvalue weighted by Gasteiger charge is -2.13. The Labute approximate surface area is 307 Å². The second kappa shape index (κ2) is 11.0. The van der Waals surface area contributed by atoms with E-state index in [1.165, 1.54) is 0 Å². The second-order valence-electron chi connectivity index (χ2n) is 13.9. The molecule has 5 heterocycles. The highest BCUT2D eigenvalue weighted by Crippen LogP contribution is 2.40. The summed E-state index contributed by atoms with van der Waals surface area (Å²) in [6, 6.07) is 52.7. The molecule has 12 rings (SSSR count). The number of hydrogen-bond acceptors (Lipinski definition) is 5. The van der Waals surface area contributed by atoms with Gasteiger partial charge in [-0.2, -0.15) is 0 Å². The molecule has 0 fully saturated rings. The van der Waals surface area contributed by atoms with Crippen LogP contribution in [0.25, 0.3) is 116 Å². The molecule has 0 radical (unpaired) electrons. The first-order valence-corrected chi connectivity index (χ1v) is 18.0. The molecule has 5 aromatic heterocycles. The van der Waals surface area contributed by atoms with Crippen LogP contribution in [-0.4, -0.2) is 24.3 Å². The van der Waals surface area contributed by atoms with Crippen LogP contribution in [0, 0.1) is 0 Å². The fraction of sp³-hybridized carbons (Fsp3) is 0. The molecule has 7 aromatic carbocycles. The summed E-state index contributed by atoms with van der Waals surface area (Å²) in [7, 11) is 0. The minimum atomic E-state index is 0.757. The van der Waals surface area contributed by atoms with Crippen molar-refractivity contribution < 1.29 is 4.42 Å². The molecule has 0 aliphatic heterocycles. The average Bonchev–Trinajstić information content (AvgIpc) is 3.82. The third-order valence-electron chi connectivity index (χ3n) is 10.8. The number of rotatable bonds is 3. The maximum Gasteiger partial charge on any atom is 0.138 e. The summed E-state index contributed by atoms with van der Waals surface area (Å²) in [5, 5.41) is 8.94. The Morgan fingerprint density at radius 1 is 0.444 bits per heavy atom. The van der Waals surface area contributed by atoms with E-state index < -0.39 is 0 Å². The SMILES string of the molecule is c1ccc(-c2nc3ccc4ccccc4c3nc2-c2ccc3c(c2)c2ccccc2c2nc4cc(-c5ccc6oc7ccccc7c6c5)ccn4c32)nc1. The molecular weight excluding hydrogens is 663 g/mol. The number of aromatic nitrogens is 5. The van der Waals surface area contributed by atoms with E-state index >= 15 is 0 Å². The third kappa shape index (κ3) is 4.22. The summed E-state index contributed by atoms with van der Waals surface area (Å²) in [6.07, 6.45) is 3.96. The zero-order valence-electron chi connectivity index (χ0n) is 28.7. The molecule has 12 aromatic rings. The number of fused-ring (bicyclic) bond motifs is 14. The van der Waals surface area contributed by atoms with Crippen molar-refractivity contribution in [1.82, 2.24) is 24.3 Å². The van der Waals surface area contributed by atoms with Crippen LogP contribution in [0.15, 0.2) is 168 Å². The summed E-state index contributed by atoms with van der Waals surface area (Å²) < 4.78 is 8.33. The molecule has 0 bridgehead atoms. The molecule has 250 valence electrons. The fourth-order valence-electron chi connectivity index (χ4n) is 8.29. The molecular formula is C48H27N5O. The van der Waals surface area contributed by atoms with Crippen molar-refractivity contribution >= 4 is 82.0 Å². The zero-order valence-corrected chi connectivity index (χ0v) is 28.7. The van der Waals surface area contributed by atoms with Gasteiger partial charge in [-0.25, -0.2) is 15.0 Å². The predicted octanol–water partition coefficient (Wildman–Crippen LogP) is 12.2. The van der Waals surface area contributed by atoms with E-state index in [4.69, 9.17) is 24.4 Å². The van der Waals surface area contributed by atoms with Crippen LogP contribution in [-0.2, 0) is 0 Å². The van der Waals surface area contributed by atoms with Crippen LogP contribution in [0.3, 0.4) is 0 Å². The van der Waals surface area contributed by atoms with Crippen LogP contribution in [0.5, 0.6) is 0 Å². The lowest BCUT2D eigenvalue weighted by Crippen LogP contribution is -1.98. The van der Waals surface area contributed by atoms with Gasteiger partial charge in [0.1, 0.15) is 22.5 Å². The van der Waals surface area contributed by atoms with E-state index in [-0.39, 0.29) is 0 Å². The molecule has 0 unspecified atom stereocenters. The smallest absolute Gasteiger partial charge is 0.138 e. The maximum atomic E-state index is 6.11.